The first-order valence-corrected chi connectivity index (χ1v) is 5.39. The number of aromatic nitrogens is 1. The summed E-state index contributed by atoms with van der Waals surface area (Å²) in [6.07, 6.45) is 2.84. The molecule has 3 nitrogen and oxygen atoms in total. The number of halogens is 1. The third-order valence-corrected chi connectivity index (χ3v) is 1.93. The number of hydrogen-bond donors (Lipinski definition) is 0. The van der Waals surface area contributed by atoms with E-state index in [9.17, 15) is 4.39 Å². The van der Waals surface area contributed by atoms with Gasteiger partial charge in [0.2, 0.25) is 0 Å². The average Bonchev–Trinajstić information content (AvgIpc) is 2.39. The molecule has 0 fully saturated rings. The van der Waals surface area contributed by atoms with Crippen molar-refractivity contribution in [2.45, 2.75) is 20.8 Å². The lowest BCUT2D eigenvalue weighted by Crippen LogP contribution is -2.15. The van der Waals surface area contributed by atoms with Gasteiger partial charge < -0.3 is 9.47 Å². The van der Waals surface area contributed by atoms with Gasteiger partial charge in [-0.05, 0) is 13.0 Å². The molecular formula is C12H16FNO2. The SMILES string of the molecule is C/C=C(\F)c1cc2c(cn1)OCCO2.CC. The Kier molecular flexibility index (Phi) is 4.76. The number of ether oxygens (including phenoxy) is 2. The molecule has 88 valence electrons. The molecule has 1 aliphatic rings. The van der Waals surface area contributed by atoms with Crippen molar-refractivity contribution in [3.8, 4) is 11.5 Å². The Labute approximate surface area is 94.9 Å². The highest BCUT2D eigenvalue weighted by Crippen LogP contribution is 2.31. The van der Waals surface area contributed by atoms with E-state index < -0.39 is 0 Å². The maximum atomic E-state index is 13.1. The zero-order chi connectivity index (χ0) is 12.0. The maximum absolute atomic E-state index is 13.1. The lowest BCUT2D eigenvalue weighted by molar-refractivity contribution is 0.170. The molecule has 1 aliphatic heterocycles. The summed E-state index contributed by atoms with van der Waals surface area (Å²) in [6, 6.07) is 1.55. The van der Waals surface area contributed by atoms with Crippen LogP contribution in [0.5, 0.6) is 11.5 Å². The van der Waals surface area contributed by atoms with Crippen LogP contribution in [-0.2, 0) is 0 Å². The Morgan fingerprint density at radius 3 is 2.56 bits per heavy atom. The van der Waals surface area contributed by atoms with Crippen LogP contribution in [0.2, 0.25) is 0 Å². The lowest BCUT2D eigenvalue weighted by Gasteiger charge is -2.17. The van der Waals surface area contributed by atoms with Gasteiger partial charge in [0, 0.05) is 6.07 Å². The van der Waals surface area contributed by atoms with Gasteiger partial charge in [0.15, 0.2) is 11.5 Å². The molecule has 4 heteroatoms. The minimum atomic E-state index is -0.359. The number of nitrogens with zero attached hydrogens (tertiary/aromatic N) is 1. The Morgan fingerprint density at radius 2 is 1.94 bits per heavy atom. The monoisotopic (exact) mass is 225 g/mol. The second-order valence-corrected chi connectivity index (χ2v) is 2.85. The second kappa shape index (κ2) is 6.10. The van der Waals surface area contributed by atoms with Crippen molar-refractivity contribution in [1.29, 1.82) is 0 Å². The average molecular weight is 225 g/mol. The van der Waals surface area contributed by atoms with E-state index in [1.807, 2.05) is 13.8 Å². The van der Waals surface area contributed by atoms with Crippen LogP contribution in [-0.4, -0.2) is 18.2 Å². The Hall–Kier alpha value is -1.58. The van der Waals surface area contributed by atoms with E-state index in [4.69, 9.17) is 9.47 Å². The van der Waals surface area contributed by atoms with Crippen molar-refractivity contribution < 1.29 is 13.9 Å². The molecule has 0 atom stereocenters. The van der Waals surface area contributed by atoms with Gasteiger partial charge in [0.25, 0.3) is 0 Å². The third kappa shape index (κ3) is 2.72. The largest absolute Gasteiger partial charge is 0.486 e. The maximum Gasteiger partial charge on any atom is 0.179 e. The molecule has 1 aromatic heterocycles. The van der Waals surface area contributed by atoms with E-state index in [0.29, 0.717) is 24.7 Å². The van der Waals surface area contributed by atoms with E-state index >= 15 is 0 Å². The molecule has 0 aromatic carbocycles. The quantitative estimate of drug-likeness (QED) is 0.735. The van der Waals surface area contributed by atoms with Crippen LogP contribution < -0.4 is 9.47 Å². The smallest absolute Gasteiger partial charge is 0.179 e. The molecule has 1 aromatic rings. The molecule has 0 bridgehead atoms. The molecule has 2 rings (SSSR count). The van der Waals surface area contributed by atoms with E-state index in [2.05, 4.69) is 4.98 Å². The van der Waals surface area contributed by atoms with Gasteiger partial charge in [-0.15, -0.1) is 0 Å². The van der Waals surface area contributed by atoms with Crippen molar-refractivity contribution in [2.75, 3.05) is 13.2 Å². The summed E-state index contributed by atoms with van der Waals surface area (Å²) in [5.74, 6) is 0.768. The van der Waals surface area contributed by atoms with Gasteiger partial charge in [-0.2, -0.15) is 0 Å². The van der Waals surface area contributed by atoms with Crippen molar-refractivity contribution in [1.82, 2.24) is 4.98 Å². The molecule has 0 amide bonds. The zero-order valence-corrected chi connectivity index (χ0v) is 9.79. The van der Waals surface area contributed by atoms with E-state index in [-0.39, 0.29) is 11.5 Å². The van der Waals surface area contributed by atoms with E-state index in [0.717, 1.165) is 0 Å². The molecule has 0 radical (unpaired) electrons. The number of fused-ring (bicyclic) bond motifs is 1. The van der Waals surface area contributed by atoms with Crippen LogP contribution in [0.4, 0.5) is 4.39 Å². The molecule has 2 heterocycles. The summed E-state index contributed by atoms with van der Waals surface area (Å²) in [4.78, 5) is 3.91. The van der Waals surface area contributed by atoms with E-state index in [1.54, 1.807) is 13.0 Å². The van der Waals surface area contributed by atoms with Crippen molar-refractivity contribution in [2.24, 2.45) is 0 Å². The molecule has 0 saturated carbocycles. The number of rotatable bonds is 1. The number of hydrogen-bond acceptors (Lipinski definition) is 3. The third-order valence-electron chi connectivity index (χ3n) is 1.93. The molecular weight excluding hydrogens is 209 g/mol. The second-order valence-electron chi connectivity index (χ2n) is 2.85. The molecule has 0 aliphatic carbocycles. The van der Waals surface area contributed by atoms with Crippen LogP contribution in [0, 0.1) is 0 Å². The van der Waals surface area contributed by atoms with Crippen LogP contribution >= 0.6 is 0 Å². The van der Waals surface area contributed by atoms with Gasteiger partial charge in [0.1, 0.15) is 24.7 Å². The highest BCUT2D eigenvalue weighted by molar-refractivity contribution is 5.58. The zero-order valence-electron chi connectivity index (χ0n) is 9.79. The molecule has 16 heavy (non-hydrogen) atoms. The van der Waals surface area contributed by atoms with Crippen LogP contribution in [0.25, 0.3) is 5.83 Å². The van der Waals surface area contributed by atoms with Crippen LogP contribution in [0.3, 0.4) is 0 Å². The highest BCUT2D eigenvalue weighted by Gasteiger charge is 2.13. The first-order valence-electron chi connectivity index (χ1n) is 5.39. The molecule has 0 spiro atoms. The molecule has 0 unspecified atom stereocenters. The summed E-state index contributed by atoms with van der Waals surface area (Å²) < 4.78 is 23.7. The fourth-order valence-electron chi connectivity index (χ4n) is 1.23. The fraction of sp³-hybridized carbons (Fsp3) is 0.417. The topological polar surface area (TPSA) is 31.4 Å². The normalized spacial score (nSPS) is 13.9. The number of pyridine rings is 1. The van der Waals surface area contributed by atoms with E-state index in [1.165, 1.54) is 12.3 Å². The van der Waals surface area contributed by atoms with Gasteiger partial charge >= 0.3 is 0 Å². The Morgan fingerprint density at radius 1 is 1.31 bits per heavy atom. The minimum Gasteiger partial charge on any atom is -0.486 e. The minimum absolute atomic E-state index is 0.275. The molecule has 0 N–H and O–H groups in total. The van der Waals surface area contributed by atoms with Crippen molar-refractivity contribution >= 4 is 5.83 Å². The summed E-state index contributed by atoms with van der Waals surface area (Å²) in [5.41, 5.74) is 0.275. The van der Waals surface area contributed by atoms with Crippen LogP contribution in [0.1, 0.15) is 26.5 Å². The first kappa shape index (κ1) is 12.5. The summed E-state index contributed by atoms with van der Waals surface area (Å²) in [7, 11) is 0. The summed E-state index contributed by atoms with van der Waals surface area (Å²) in [6.45, 7) is 6.63. The highest BCUT2D eigenvalue weighted by atomic mass is 19.1. The van der Waals surface area contributed by atoms with Gasteiger partial charge in [-0.3, -0.25) is 0 Å². The van der Waals surface area contributed by atoms with Gasteiger partial charge in [-0.25, -0.2) is 9.37 Å². The predicted molar refractivity (Wildman–Crippen MR) is 61.3 cm³/mol. The molecule has 0 saturated heterocycles. The summed E-state index contributed by atoms with van der Waals surface area (Å²) in [5, 5.41) is 0. The predicted octanol–water partition coefficient (Wildman–Crippen LogP) is 3.21. The standard InChI is InChI=1S/C10H10FNO2.C2H6/c1-2-7(11)8-5-9-10(6-12-8)14-4-3-13-9;1-2/h2,5-6H,3-4H2,1H3;1-2H3/b7-2-;. The van der Waals surface area contributed by atoms with Crippen molar-refractivity contribution in [3.63, 3.8) is 0 Å². The van der Waals surface area contributed by atoms with Crippen molar-refractivity contribution in [3.05, 3.63) is 24.0 Å². The lowest BCUT2D eigenvalue weighted by atomic mass is 10.3. The van der Waals surface area contributed by atoms with Gasteiger partial charge in [0.05, 0.1) is 6.20 Å². The Balaban J connectivity index is 0.000000606. The fourth-order valence-corrected chi connectivity index (χ4v) is 1.23. The van der Waals surface area contributed by atoms with Gasteiger partial charge in [-0.1, -0.05) is 13.8 Å². The van der Waals surface area contributed by atoms with Crippen LogP contribution in [0.15, 0.2) is 18.3 Å². The summed E-state index contributed by atoms with van der Waals surface area (Å²) >= 11 is 0. The number of allylic oxidation sites excluding steroid dienone is 1. The first-order chi connectivity index (χ1) is 7.81. The Bertz CT molecular complexity index is 377.